The highest BCUT2D eigenvalue weighted by Gasteiger charge is 2.24. The summed E-state index contributed by atoms with van der Waals surface area (Å²) in [6.07, 6.45) is 1.61. The average molecular weight is 446 g/mol. The lowest BCUT2D eigenvalue weighted by Crippen LogP contribution is -2.27. The van der Waals surface area contributed by atoms with Gasteiger partial charge < -0.3 is 10.1 Å². The zero-order chi connectivity index (χ0) is 21.9. The van der Waals surface area contributed by atoms with Gasteiger partial charge in [0, 0.05) is 13.2 Å². The Bertz CT molecular complexity index is 1160. The molecule has 0 bridgehead atoms. The molecule has 0 saturated heterocycles. The van der Waals surface area contributed by atoms with Crippen molar-refractivity contribution in [2.45, 2.75) is 11.8 Å². The van der Waals surface area contributed by atoms with Crippen LogP contribution in [0.1, 0.15) is 15.9 Å². The third kappa shape index (κ3) is 4.55. The summed E-state index contributed by atoms with van der Waals surface area (Å²) in [7, 11) is -0.963. The summed E-state index contributed by atoms with van der Waals surface area (Å²) in [6.45, 7) is 1.88. The number of nitrogens with one attached hydrogen (secondary N) is 1. The molecule has 0 spiro atoms. The number of amides is 1. The maximum absolute atomic E-state index is 13.1. The number of aromatic nitrogens is 1. The molecule has 156 valence electrons. The number of benzene rings is 2. The van der Waals surface area contributed by atoms with E-state index in [1.54, 1.807) is 42.6 Å². The molecular formula is C21H20ClN3O4S. The molecule has 0 aliphatic rings. The van der Waals surface area contributed by atoms with Crippen LogP contribution < -0.4 is 14.4 Å². The van der Waals surface area contributed by atoms with E-state index < -0.39 is 15.9 Å². The van der Waals surface area contributed by atoms with Crippen LogP contribution in [0.15, 0.2) is 65.7 Å². The van der Waals surface area contributed by atoms with E-state index in [4.69, 9.17) is 16.3 Å². The first-order valence-corrected chi connectivity index (χ1v) is 10.7. The number of pyridine rings is 1. The van der Waals surface area contributed by atoms with E-state index in [1.165, 1.54) is 32.4 Å². The maximum Gasteiger partial charge on any atom is 0.264 e. The summed E-state index contributed by atoms with van der Waals surface area (Å²) in [5.41, 5.74) is 1.42. The third-order valence-corrected chi connectivity index (χ3v) is 6.54. The van der Waals surface area contributed by atoms with E-state index in [0.717, 1.165) is 9.87 Å². The Morgan fingerprint density at radius 2 is 1.80 bits per heavy atom. The van der Waals surface area contributed by atoms with Crippen molar-refractivity contribution < 1.29 is 17.9 Å². The largest absolute Gasteiger partial charge is 0.497 e. The Kier molecular flexibility index (Phi) is 6.28. The van der Waals surface area contributed by atoms with Crippen molar-refractivity contribution in [3.05, 3.63) is 76.9 Å². The second-order valence-electron chi connectivity index (χ2n) is 6.49. The Morgan fingerprint density at radius 3 is 2.40 bits per heavy atom. The molecule has 2 aromatic carbocycles. The fraction of sp³-hybridized carbons (Fsp3) is 0.143. The van der Waals surface area contributed by atoms with Crippen LogP contribution in [0.3, 0.4) is 0 Å². The first-order valence-electron chi connectivity index (χ1n) is 8.89. The van der Waals surface area contributed by atoms with E-state index in [0.29, 0.717) is 17.3 Å². The zero-order valence-corrected chi connectivity index (χ0v) is 18.2. The molecule has 1 aromatic heterocycles. The summed E-state index contributed by atoms with van der Waals surface area (Å²) in [4.78, 5) is 16.7. The van der Waals surface area contributed by atoms with Gasteiger partial charge in [0.1, 0.15) is 11.6 Å². The number of methoxy groups -OCH3 is 1. The molecule has 3 aromatic rings. The van der Waals surface area contributed by atoms with Crippen molar-refractivity contribution in [2.24, 2.45) is 0 Å². The molecule has 0 aliphatic carbocycles. The molecule has 1 N–H and O–H groups in total. The summed E-state index contributed by atoms with van der Waals surface area (Å²) in [5, 5.41) is 2.75. The van der Waals surface area contributed by atoms with Gasteiger partial charge in [-0.25, -0.2) is 13.4 Å². The van der Waals surface area contributed by atoms with Crippen molar-refractivity contribution in [3.63, 3.8) is 0 Å². The number of sulfonamides is 1. The fourth-order valence-electron chi connectivity index (χ4n) is 2.65. The predicted molar refractivity (Wildman–Crippen MR) is 117 cm³/mol. The third-order valence-electron chi connectivity index (χ3n) is 4.43. The minimum Gasteiger partial charge on any atom is -0.497 e. The average Bonchev–Trinajstić information content (AvgIpc) is 2.75. The van der Waals surface area contributed by atoms with Gasteiger partial charge in [-0.05, 0) is 61.0 Å². The van der Waals surface area contributed by atoms with Gasteiger partial charge in [-0.15, -0.1) is 0 Å². The molecule has 0 atom stereocenters. The number of ether oxygens (including phenoxy) is 1. The minimum absolute atomic E-state index is 0.0308. The van der Waals surface area contributed by atoms with Gasteiger partial charge in [-0.2, -0.15) is 0 Å². The smallest absolute Gasteiger partial charge is 0.264 e. The number of carbonyl (C=O) groups is 1. The zero-order valence-electron chi connectivity index (χ0n) is 16.6. The second-order valence-corrected chi connectivity index (χ2v) is 8.86. The van der Waals surface area contributed by atoms with Crippen LogP contribution in [-0.4, -0.2) is 33.5 Å². The van der Waals surface area contributed by atoms with E-state index in [2.05, 4.69) is 10.3 Å². The van der Waals surface area contributed by atoms with Crippen LogP contribution in [0.25, 0.3) is 0 Å². The number of nitrogens with zero attached hydrogens (tertiary/aromatic N) is 2. The van der Waals surface area contributed by atoms with Crippen LogP contribution in [-0.2, 0) is 10.0 Å². The van der Waals surface area contributed by atoms with Gasteiger partial charge in [0.2, 0.25) is 0 Å². The molecule has 7 nitrogen and oxygen atoms in total. The topological polar surface area (TPSA) is 88.6 Å². The number of carbonyl (C=O) groups excluding carboxylic acids is 1. The lowest BCUT2D eigenvalue weighted by atomic mass is 10.2. The van der Waals surface area contributed by atoms with Crippen molar-refractivity contribution in [1.82, 2.24) is 4.98 Å². The molecule has 0 aliphatic heterocycles. The molecule has 3 rings (SSSR count). The van der Waals surface area contributed by atoms with Crippen molar-refractivity contribution >= 4 is 39.0 Å². The molecule has 30 heavy (non-hydrogen) atoms. The number of anilines is 2. The number of hydrogen-bond acceptors (Lipinski definition) is 5. The first kappa shape index (κ1) is 21.6. The molecule has 0 radical (unpaired) electrons. The highest BCUT2D eigenvalue weighted by atomic mass is 35.5. The molecule has 0 saturated carbocycles. The molecule has 0 unspecified atom stereocenters. The molecule has 0 fully saturated rings. The van der Waals surface area contributed by atoms with Gasteiger partial charge in [0.25, 0.3) is 15.9 Å². The Balaban J connectivity index is 1.90. The molecule has 1 heterocycles. The normalized spacial score (nSPS) is 11.1. The van der Waals surface area contributed by atoms with Crippen LogP contribution >= 0.6 is 11.6 Å². The molecule has 1 amide bonds. The van der Waals surface area contributed by atoms with E-state index in [-0.39, 0.29) is 15.5 Å². The SMILES string of the molecule is COc1ccc(N(C)S(=O)(=O)c2ccc(Cl)c(C(=O)Nc3ccc(C)cn3)c2)cc1. The molecular weight excluding hydrogens is 426 g/mol. The summed E-state index contributed by atoms with van der Waals surface area (Å²) in [5.74, 6) is 0.394. The van der Waals surface area contributed by atoms with Gasteiger partial charge in [-0.3, -0.25) is 9.10 Å². The van der Waals surface area contributed by atoms with E-state index in [9.17, 15) is 13.2 Å². The van der Waals surface area contributed by atoms with Gasteiger partial charge in [0.15, 0.2) is 0 Å². The highest BCUT2D eigenvalue weighted by Crippen LogP contribution is 2.27. The number of halogens is 1. The van der Waals surface area contributed by atoms with Crippen molar-refractivity contribution in [1.29, 1.82) is 0 Å². The lowest BCUT2D eigenvalue weighted by molar-refractivity contribution is 0.102. The van der Waals surface area contributed by atoms with Gasteiger partial charge >= 0.3 is 0 Å². The number of hydrogen-bond donors (Lipinski definition) is 1. The molecule has 9 heteroatoms. The van der Waals surface area contributed by atoms with Crippen molar-refractivity contribution in [2.75, 3.05) is 23.8 Å². The quantitative estimate of drug-likeness (QED) is 0.616. The Labute approximate surface area is 180 Å². The van der Waals surface area contributed by atoms with Gasteiger partial charge in [0.05, 0.1) is 28.3 Å². The Hall–Kier alpha value is -3.10. The Morgan fingerprint density at radius 1 is 1.10 bits per heavy atom. The minimum atomic E-state index is -3.92. The number of aryl methyl sites for hydroxylation is 1. The van der Waals surface area contributed by atoms with Crippen LogP contribution in [0.5, 0.6) is 5.75 Å². The standard InChI is InChI=1S/C21H20ClN3O4S/c1-14-4-11-20(23-13-14)24-21(26)18-12-17(9-10-19(18)22)30(27,28)25(2)15-5-7-16(29-3)8-6-15/h4-13H,1-3H3,(H,23,24,26). The van der Waals surface area contributed by atoms with E-state index in [1.807, 2.05) is 6.92 Å². The monoisotopic (exact) mass is 445 g/mol. The maximum atomic E-state index is 13.1. The number of rotatable bonds is 6. The van der Waals surface area contributed by atoms with Gasteiger partial charge in [-0.1, -0.05) is 17.7 Å². The second kappa shape index (κ2) is 8.73. The van der Waals surface area contributed by atoms with Crippen LogP contribution in [0.2, 0.25) is 5.02 Å². The lowest BCUT2D eigenvalue weighted by Gasteiger charge is -2.20. The van der Waals surface area contributed by atoms with Crippen LogP contribution in [0.4, 0.5) is 11.5 Å². The summed E-state index contributed by atoms with van der Waals surface area (Å²) < 4.78 is 32.4. The summed E-state index contributed by atoms with van der Waals surface area (Å²) >= 11 is 6.16. The fourth-order valence-corrected chi connectivity index (χ4v) is 4.08. The highest BCUT2D eigenvalue weighted by molar-refractivity contribution is 7.92. The predicted octanol–water partition coefficient (Wildman–Crippen LogP) is 4.13. The van der Waals surface area contributed by atoms with E-state index >= 15 is 0 Å². The first-order chi connectivity index (χ1) is 14.2. The summed E-state index contributed by atoms with van der Waals surface area (Å²) in [6, 6.07) is 14.0. The van der Waals surface area contributed by atoms with Crippen molar-refractivity contribution in [3.8, 4) is 5.75 Å². The van der Waals surface area contributed by atoms with Crippen LogP contribution in [0, 0.1) is 6.92 Å².